The summed E-state index contributed by atoms with van der Waals surface area (Å²) in [6.45, 7) is -1.64. The molecule has 0 atom stereocenters. The van der Waals surface area contributed by atoms with E-state index in [-0.39, 0.29) is 16.5 Å². The number of nitrogens with zero attached hydrogens (tertiary/aromatic N) is 4. The minimum absolute atomic E-state index is 0.101. The molecule has 4 rings (SSSR count). The van der Waals surface area contributed by atoms with Crippen LogP contribution in [-0.4, -0.2) is 19.3 Å². The van der Waals surface area contributed by atoms with Crippen LogP contribution in [0, 0.1) is 6.92 Å². The molecular weight excluding hydrogens is 461 g/mol. The smallest absolute Gasteiger partial charge is 0.245 e. The largest absolute Gasteiger partial charge is 0.355 e. The molecule has 2 aromatic heterocycles. The summed E-state index contributed by atoms with van der Waals surface area (Å²) >= 11 is 15.5. The van der Waals surface area contributed by atoms with Crippen LogP contribution in [0.4, 0.5) is 8.78 Å². The SMILES string of the molecule is Cc1nn(-c2cc3nc(SCc4ccccc4Cl)sc3cc2Cl)c(=O)n1C(F)F. The molecule has 0 saturated carbocycles. The Kier molecular flexibility index (Phi) is 5.65. The molecule has 0 bridgehead atoms. The van der Waals surface area contributed by atoms with Gasteiger partial charge in [-0.1, -0.05) is 53.2 Å². The lowest BCUT2D eigenvalue weighted by Gasteiger charge is -2.02. The summed E-state index contributed by atoms with van der Waals surface area (Å²) in [7, 11) is 0. The van der Waals surface area contributed by atoms with Crippen molar-refractivity contribution < 1.29 is 8.78 Å². The van der Waals surface area contributed by atoms with Gasteiger partial charge in [0.2, 0.25) is 0 Å². The van der Waals surface area contributed by atoms with Gasteiger partial charge in [0.05, 0.1) is 20.9 Å². The summed E-state index contributed by atoms with van der Waals surface area (Å²) in [5.74, 6) is 0.549. The maximum absolute atomic E-state index is 13.1. The molecule has 0 radical (unpaired) electrons. The van der Waals surface area contributed by atoms with Gasteiger partial charge in [-0.05, 0) is 30.7 Å². The lowest BCUT2D eigenvalue weighted by molar-refractivity contribution is 0.0640. The number of aromatic nitrogens is 4. The van der Waals surface area contributed by atoms with Gasteiger partial charge in [0, 0.05) is 10.8 Å². The van der Waals surface area contributed by atoms with Crippen molar-refractivity contribution in [3.63, 3.8) is 0 Å². The molecule has 2 aromatic carbocycles. The Labute approximate surface area is 181 Å². The van der Waals surface area contributed by atoms with Gasteiger partial charge in [-0.25, -0.2) is 14.3 Å². The van der Waals surface area contributed by atoms with Crippen LogP contribution in [0.25, 0.3) is 15.9 Å². The van der Waals surface area contributed by atoms with E-state index in [0.717, 1.165) is 19.3 Å². The zero-order chi connectivity index (χ0) is 20.7. The predicted octanol–water partition coefficient (Wildman–Crippen LogP) is 5.95. The second-order valence-corrected chi connectivity index (χ2v) is 9.09. The summed E-state index contributed by atoms with van der Waals surface area (Å²) in [5, 5.41) is 4.84. The van der Waals surface area contributed by atoms with Crippen LogP contribution in [0.15, 0.2) is 45.5 Å². The van der Waals surface area contributed by atoms with Crippen LogP contribution in [0.5, 0.6) is 0 Å². The Morgan fingerprint density at radius 3 is 2.66 bits per heavy atom. The number of thiazole rings is 1. The first kappa shape index (κ1) is 20.3. The number of halogens is 4. The van der Waals surface area contributed by atoms with Gasteiger partial charge in [0.25, 0.3) is 0 Å². The average Bonchev–Trinajstić information content (AvgIpc) is 3.19. The molecule has 29 heavy (non-hydrogen) atoms. The van der Waals surface area contributed by atoms with Crippen LogP contribution in [-0.2, 0) is 5.75 Å². The van der Waals surface area contributed by atoms with Gasteiger partial charge in [0.15, 0.2) is 4.34 Å². The van der Waals surface area contributed by atoms with Crippen LogP contribution in [0.2, 0.25) is 10.0 Å². The summed E-state index contributed by atoms with van der Waals surface area (Å²) in [6.07, 6.45) is 0. The normalized spacial score (nSPS) is 11.7. The van der Waals surface area contributed by atoms with E-state index in [1.807, 2.05) is 24.3 Å². The zero-order valence-corrected chi connectivity index (χ0v) is 17.9. The first-order valence-corrected chi connectivity index (χ1v) is 10.8. The molecule has 4 aromatic rings. The second-order valence-electron chi connectivity index (χ2n) is 6.02. The van der Waals surface area contributed by atoms with Crippen LogP contribution in [0.3, 0.4) is 0 Å². The maximum atomic E-state index is 13.1. The van der Waals surface area contributed by atoms with Crippen molar-refractivity contribution in [2.24, 2.45) is 0 Å². The van der Waals surface area contributed by atoms with Crippen molar-refractivity contribution in [2.45, 2.75) is 23.6 Å². The maximum Gasteiger partial charge on any atom is 0.355 e. The Bertz CT molecular complexity index is 1270. The average molecular weight is 473 g/mol. The highest BCUT2D eigenvalue weighted by molar-refractivity contribution is 8.00. The molecule has 0 N–H and O–H groups in total. The highest BCUT2D eigenvalue weighted by Gasteiger charge is 2.20. The predicted molar refractivity (Wildman–Crippen MR) is 113 cm³/mol. The molecule has 5 nitrogen and oxygen atoms in total. The van der Waals surface area contributed by atoms with Gasteiger partial charge in [0.1, 0.15) is 5.82 Å². The van der Waals surface area contributed by atoms with E-state index in [0.29, 0.717) is 20.9 Å². The number of thioether (sulfide) groups is 1. The zero-order valence-electron chi connectivity index (χ0n) is 14.8. The molecule has 0 aliphatic rings. The van der Waals surface area contributed by atoms with Crippen LogP contribution < -0.4 is 5.69 Å². The third-order valence-electron chi connectivity index (χ3n) is 4.15. The molecule has 150 valence electrons. The third kappa shape index (κ3) is 3.92. The number of aryl methyl sites for hydroxylation is 1. The van der Waals surface area contributed by atoms with Crippen molar-refractivity contribution in [2.75, 3.05) is 0 Å². The molecule has 0 amide bonds. The van der Waals surface area contributed by atoms with Gasteiger partial charge >= 0.3 is 12.2 Å². The summed E-state index contributed by atoms with van der Waals surface area (Å²) in [5.41, 5.74) is 0.853. The minimum atomic E-state index is -2.98. The first-order valence-electron chi connectivity index (χ1n) is 8.28. The molecule has 2 heterocycles. The number of fused-ring (bicyclic) bond motifs is 1. The Balaban J connectivity index is 1.68. The number of hydrogen-bond acceptors (Lipinski definition) is 5. The molecule has 0 fully saturated rings. The van der Waals surface area contributed by atoms with Gasteiger partial charge < -0.3 is 0 Å². The highest BCUT2D eigenvalue weighted by Crippen LogP contribution is 2.35. The fourth-order valence-corrected chi connectivity index (χ4v) is 5.44. The number of benzene rings is 2. The van der Waals surface area contributed by atoms with Crippen molar-refractivity contribution in [1.82, 2.24) is 19.3 Å². The van der Waals surface area contributed by atoms with Gasteiger partial charge in [-0.15, -0.1) is 16.4 Å². The Hall–Kier alpha value is -1.94. The summed E-state index contributed by atoms with van der Waals surface area (Å²) < 4.78 is 29.0. The van der Waals surface area contributed by atoms with E-state index >= 15 is 0 Å². The molecule has 0 saturated heterocycles. The quantitative estimate of drug-likeness (QED) is 0.337. The molecule has 0 aliphatic heterocycles. The number of alkyl halides is 2. The van der Waals surface area contributed by atoms with Crippen molar-refractivity contribution in [1.29, 1.82) is 0 Å². The van der Waals surface area contributed by atoms with Gasteiger partial charge in [-0.3, -0.25) is 0 Å². The van der Waals surface area contributed by atoms with Gasteiger partial charge in [-0.2, -0.15) is 13.5 Å². The van der Waals surface area contributed by atoms with Crippen LogP contribution >= 0.6 is 46.3 Å². The summed E-state index contributed by atoms with van der Waals surface area (Å²) in [6, 6.07) is 10.8. The van der Waals surface area contributed by atoms with E-state index < -0.39 is 12.2 Å². The topological polar surface area (TPSA) is 52.7 Å². The fourth-order valence-electron chi connectivity index (χ4n) is 2.75. The molecule has 0 unspecified atom stereocenters. The van der Waals surface area contributed by atoms with Crippen molar-refractivity contribution in [3.05, 3.63) is 68.3 Å². The lowest BCUT2D eigenvalue weighted by atomic mass is 10.2. The Morgan fingerprint density at radius 2 is 1.97 bits per heavy atom. The van der Waals surface area contributed by atoms with Crippen molar-refractivity contribution >= 4 is 56.5 Å². The highest BCUT2D eigenvalue weighted by atomic mass is 35.5. The fraction of sp³-hybridized carbons (Fsp3) is 0.167. The molecular formula is C18H12Cl2F2N4OS2. The van der Waals surface area contributed by atoms with E-state index in [1.165, 1.54) is 30.0 Å². The van der Waals surface area contributed by atoms with Crippen LogP contribution in [0.1, 0.15) is 17.9 Å². The Morgan fingerprint density at radius 1 is 1.21 bits per heavy atom. The monoisotopic (exact) mass is 472 g/mol. The minimum Gasteiger partial charge on any atom is -0.245 e. The van der Waals surface area contributed by atoms with E-state index in [1.54, 1.807) is 12.1 Å². The molecule has 11 heteroatoms. The summed E-state index contributed by atoms with van der Waals surface area (Å²) in [4.78, 5) is 16.9. The van der Waals surface area contributed by atoms with E-state index in [4.69, 9.17) is 23.2 Å². The van der Waals surface area contributed by atoms with E-state index in [2.05, 4.69) is 10.1 Å². The molecule has 0 aliphatic carbocycles. The first-order chi connectivity index (χ1) is 13.8. The molecule has 0 spiro atoms. The number of rotatable bonds is 5. The van der Waals surface area contributed by atoms with Crippen molar-refractivity contribution in [3.8, 4) is 5.69 Å². The number of hydrogen-bond donors (Lipinski definition) is 0. The standard InChI is InChI=1S/C18H12Cl2F2N4OS2/c1-9-24-26(18(27)25(9)16(21)22)14-7-13-15(6-12(14)20)29-17(23-13)28-8-10-4-2-3-5-11(10)19/h2-7,16H,8H2,1H3. The van der Waals surface area contributed by atoms with E-state index in [9.17, 15) is 13.6 Å². The third-order valence-corrected chi connectivity index (χ3v) is 7.03. The lowest BCUT2D eigenvalue weighted by Crippen LogP contribution is -2.24. The second kappa shape index (κ2) is 8.06.